The predicted octanol–water partition coefficient (Wildman–Crippen LogP) is 3.25. The molecule has 0 amide bonds. The van der Waals surface area contributed by atoms with E-state index in [1.807, 2.05) is 0 Å². The number of hydrogen-bond donors (Lipinski definition) is 1. The Balaban J connectivity index is 1.87. The zero-order chi connectivity index (χ0) is 13.8. The minimum atomic E-state index is 0.459. The van der Waals surface area contributed by atoms with Crippen molar-refractivity contribution in [3.63, 3.8) is 0 Å². The van der Waals surface area contributed by atoms with Crippen LogP contribution in [0.5, 0.6) is 0 Å². The molecule has 2 nitrogen and oxygen atoms in total. The standard InChI is InChI=1S/C17H28N2/c1-13-4-5-14(2)16(10-13)12-19(3)11-15-6-8-17(18)9-7-15/h4-5,10,15,17H,6-9,11-12,18H2,1-3H3. The van der Waals surface area contributed by atoms with Crippen LogP contribution >= 0.6 is 0 Å². The van der Waals surface area contributed by atoms with E-state index in [-0.39, 0.29) is 0 Å². The quantitative estimate of drug-likeness (QED) is 0.900. The van der Waals surface area contributed by atoms with Crippen molar-refractivity contribution in [2.24, 2.45) is 11.7 Å². The lowest BCUT2D eigenvalue weighted by molar-refractivity contribution is 0.219. The number of aryl methyl sites for hydroxylation is 2. The maximum Gasteiger partial charge on any atom is 0.0233 e. The fraction of sp³-hybridized carbons (Fsp3) is 0.647. The van der Waals surface area contributed by atoms with Gasteiger partial charge in [-0.1, -0.05) is 23.8 Å². The van der Waals surface area contributed by atoms with Crippen molar-refractivity contribution in [3.8, 4) is 0 Å². The predicted molar refractivity (Wildman–Crippen MR) is 82.2 cm³/mol. The Morgan fingerprint density at radius 2 is 1.84 bits per heavy atom. The summed E-state index contributed by atoms with van der Waals surface area (Å²) in [6.45, 7) is 6.66. The molecule has 0 radical (unpaired) electrons. The molecule has 1 aromatic rings. The Morgan fingerprint density at radius 1 is 1.16 bits per heavy atom. The lowest BCUT2D eigenvalue weighted by Gasteiger charge is -2.30. The Hall–Kier alpha value is -0.860. The summed E-state index contributed by atoms with van der Waals surface area (Å²) < 4.78 is 0. The molecule has 2 heteroatoms. The van der Waals surface area contributed by atoms with Gasteiger partial charge in [-0.3, -0.25) is 0 Å². The van der Waals surface area contributed by atoms with Crippen LogP contribution in [0.4, 0.5) is 0 Å². The molecule has 0 atom stereocenters. The third-order valence-corrected chi connectivity index (χ3v) is 4.41. The molecule has 106 valence electrons. The molecular formula is C17H28N2. The average Bonchev–Trinajstić information content (AvgIpc) is 2.37. The van der Waals surface area contributed by atoms with Crippen molar-refractivity contribution < 1.29 is 0 Å². The van der Waals surface area contributed by atoms with Crippen LogP contribution in [0.15, 0.2) is 18.2 Å². The maximum atomic E-state index is 5.97. The van der Waals surface area contributed by atoms with E-state index in [0.29, 0.717) is 6.04 Å². The number of rotatable bonds is 4. The molecule has 0 saturated heterocycles. The van der Waals surface area contributed by atoms with Crippen molar-refractivity contribution in [1.29, 1.82) is 0 Å². The Morgan fingerprint density at radius 3 is 2.53 bits per heavy atom. The third-order valence-electron chi connectivity index (χ3n) is 4.41. The van der Waals surface area contributed by atoms with E-state index in [0.717, 1.165) is 12.5 Å². The fourth-order valence-corrected chi connectivity index (χ4v) is 3.14. The molecule has 1 fully saturated rings. The van der Waals surface area contributed by atoms with Gasteiger partial charge in [0.25, 0.3) is 0 Å². The Kier molecular flexibility index (Phi) is 5.00. The maximum absolute atomic E-state index is 5.97. The minimum absolute atomic E-state index is 0.459. The van der Waals surface area contributed by atoms with Crippen LogP contribution in [0.25, 0.3) is 0 Å². The van der Waals surface area contributed by atoms with E-state index in [9.17, 15) is 0 Å². The molecule has 1 aliphatic rings. The van der Waals surface area contributed by atoms with Crippen molar-refractivity contribution in [2.45, 2.75) is 52.1 Å². The van der Waals surface area contributed by atoms with Gasteiger partial charge in [0.05, 0.1) is 0 Å². The van der Waals surface area contributed by atoms with Gasteiger partial charge in [-0.2, -0.15) is 0 Å². The highest BCUT2D eigenvalue weighted by molar-refractivity contribution is 5.30. The highest BCUT2D eigenvalue weighted by atomic mass is 15.1. The van der Waals surface area contributed by atoms with Gasteiger partial charge in [-0.15, -0.1) is 0 Å². The van der Waals surface area contributed by atoms with Crippen molar-refractivity contribution in [2.75, 3.05) is 13.6 Å². The molecule has 1 saturated carbocycles. The van der Waals surface area contributed by atoms with E-state index in [4.69, 9.17) is 5.73 Å². The van der Waals surface area contributed by atoms with Gasteiger partial charge in [0.2, 0.25) is 0 Å². The lowest BCUT2D eigenvalue weighted by atomic mass is 9.86. The SMILES string of the molecule is Cc1ccc(C)c(CN(C)CC2CCC(N)CC2)c1. The van der Waals surface area contributed by atoms with Gasteiger partial charge >= 0.3 is 0 Å². The zero-order valence-corrected chi connectivity index (χ0v) is 12.7. The van der Waals surface area contributed by atoms with Gasteiger partial charge in [-0.05, 0) is 63.6 Å². The Labute approximate surface area is 118 Å². The van der Waals surface area contributed by atoms with Gasteiger partial charge < -0.3 is 10.6 Å². The molecule has 1 aliphatic carbocycles. The fourth-order valence-electron chi connectivity index (χ4n) is 3.14. The van der Waals surface area contributed by atoms with Crippen LogP contribution in [0.2, 0.25) is 0 Å². The second-order valence-corrected chi connectivity index (χ2v) is 6.41. The van der Waals surface area contributed by atoms with Crippen molar-refractivity contribution in [3.05, 3.63) is 34.9 Å². The van der Waals surface area contributed by atoms with E-state index in [2.05, 4.69) is 44.0 Å². The monoisotopic (exact) mass is 260 g/mol. The first kappa shape index (κ1) is 14.5. The van der Waals surface area contributed by atoms with Gasteiger partial charge in [-0.25, -0.2) is 0 Å². The molecule has 19 heavy (non-hydrogen) atoms. The number of nitrogens with two attached hydrogens (primary N) is 1. The minimum Gasteiger partial charge on any atom is -0.328 e. The first-order valence-electron chi connectivity index (χ1n) is 7.55. The van der Waals surface area contributed by atoms with Crippen LogP contribution in [0.3, 0.4) is 0 Å². The molecule has 0 unspecified atom stereocenters. The number of hydrogen-bond acceptors (Lipinski definition) is 2. The molecule has 0 aliphatic heterocycles. The van der Waals surface area contributed by atoms with Crippen molar-refractivity contribution >= 4 is 0 Å². The molecule has 0 bridgehead atoms. The summed E-state index contributed by atoms with van der Waals surface area (Å²) >= 11 is 0. The first-order chi connectivity index (χ1) is 9.04. The van der Waals surface area contributed by atoms with Crippen LogP contribution in [-0.4, -0.2) is 24.5 Å². The zero-order valence-electron chi connectivity index (χ0n) is 12.7. The number of nitrogens with zero attached hydrogens (tertiary/aromatic N) is 1. The lowest BCUT2D eigenvalue weighted by Crippen LogP contribution is -2.32. The highest BCUT2D eigenvalue weighted by Gasteiger charge is 2.19. The van der Waals surface area contributed by atoms with E-state index in [1.54, 1.807) is 0 Å². The second-order valence-electron chi connectivity index (χ2n) is 6.41. The summed E-state index contributed by atoms with van der Waals surface area (Å²) in [7, 11) is 2.25. The largest absolute Gasteiger partial charge is 0.328 e. The smallest absolute Gasteiger partial charge is 0.0233 e. The first-order valence-corrected chi connectivity index (χ1v) is 7.55. The van der Waals surface area contributed by atoms with E-state index in [1.165, 1.54) is 48.9 Å². The van der Waals surface area contributed by atoms with E-state index >= 15 is 0 Å². The normalized spacial score (nSPS) is 23.8. The summed E-state index contributed by atoms with van der Waals surface area (Å²) in [6.07, 6.45) is 5.03. The molecular weight excluding hydrogens is 232 g/mol. The topological polar surface area (TPSA) is 29.3 Å². The average molecular weight is 260 g/mol. The summed E-state index contributed by atoms with van der Waals surface area (Å²) in [6, 6.07) is 7.21. The van der Waals surface area contributed by atoms with Crippen molar-refractivity contribution in [1.82, 2.24) is 4.90 Å². The van der Waals surface area contributed by atoms with Gasteiger partial charge in [0, 0.05) is 19.1 Å². The molecule has 0 spiro atoms. The summed E-state index contributed by atoms with van der Waals surface area (Å²) in [5, 5.41) is 0. The van der Waals surface area contributed by atoms with Crippen LogP contribution in [0, 0.1) is 19.8 Å². The van der Waals surface area contributed by atoms with Gasteiger partial charge in [0.1, 0.15) is 0 Å². The second kappa shape index (κ2) is 6.53. The molecule has 2 N–H and O–H groups in total. The van der Waals surface area contributed by atoms with E-state index < -0.39 is 0 Å². The summed E-state index contributed by atoms with van der Waals surface area (Å²) in [4.78, 5) is 2.48. The summed E-state index contributed by atoms with van der Waals surface area (Å²) in [5.41, 5.74) is 10.2. The van der Waals surface area contributed by atoms with Gasteiger partial charge in [0.15, 0.2) is 0 Å². The third kappa shape index (κ3) is 4.32. The molecule has 2 rings (SSSR count). The van der Waals surface area contributed by atoms with Crippen LogP contribution in [0.1, 0.15) is 42.4 Å². The molecule has 0 heterocycles. The molecule has 1 aromatic carbocycles. The van der Waals surface area contributed by atoms with Crippen LogP contribution < -0.4 is 5.73 Å². The number of benzene rings is 1. The summed E-state index contributed by atoms with van der Waals surface area (Å²) in [5.74, 6) is 0.843. The Bertz CT molecular complexity index is 406. The highest BCUT2D eigenvalue weighted by Crippen LogP contribution is 2.24. The molecule has 0 aromatic heterocycles. The van der Waals surface area contributed by atoms with Crippen LogP contribution in [-0.2, 0) is 6.54 Å².